The Morgan fingerprint density at radius 2 is 2.16 bits per heavy atom. The second-order valence-electron chi connectivity index (χ2n) is 4.45. The molecular weight excluding hydrogens is 340 g/mol. The van der Waals surface area contributed by atoms with E-state index in [0.717, 1.165) is 20.7 Å². The molecule has 2 heterocycles. The third-order valence-electron chi connectivity index (χ3n) is 2.89. The highest BCUT2D eigenvalue weighted by molar-refractivity contribution is 9.10. The molecule has 0 amide bonds. The van der Waals surface area contributed by atoms with Crippen LogP contribution in [-0.4, -0.2) is 4.98 Å². The molecule has 0 radical (unpaired) electrons. The Hall–Kier alpha value is -0.910. The van der Waals surface area contributed by atoms with E-state index in [-0.39, 0.29) is 0 Å². The number of thiazole rings is 1. The van der Waals surface area contributed by atoms with Gasteiger partial charge in [0.15, 0.2) is 0 Å². The second-order valence-corrected chi connectivity index (χ2v) is 7.54. The van der Waals surface area contributed by atoms with Gasteiger partial charge in [0.2, 0.25) is 0 Å². The molecule has 3 aromatic rings. The molecule has 2 aromatic heterocycles. The number of nitrogens with one attached hydrogen (secondary N) is 1. The number of anilines is 1. The average Bonchev–Trinajstić information content (AvgIpc) is 2.93. The molecule has 0 saturated carbocycles. The van der Waals surface area contributed by atoms with E-state index in [1.807, 2.05) is 6.92 Å². The van der Waals surface area contributed by atoms with E-state index in [1.165, 1.54) is 9.58 Å². The summed E-state index contributed by atoms with van der Waals surface area (Å²) in [5, 5.41) is 6.77. The van der Waals surface area contributed by atoms with Crippen molar-refractivity contribution in [2.24, 2.45) is 0 Å². The maximum absolute atomic E-state index is 4.48. The zero-order valence-electron chi connectivity index (χ0n) is 10.6. The molecule has 1 N–H and O–H groups in total. The average molecular weight is 353 g/mol. The van der Waals surface area contributed by atoms with Crippen LogP contribution < -0.4 is 5.32 Å². The summed E-state index contributed by atoms with van der Waals surface area (Å²) in [6.07, 6.45) is 0. The minimum absolute atomic E-state index is 0.308. The van der Waals surface area contributed by atoms with Crippen molar-refractivity contribution in [3.05, 3.63) is 44.0 Å². The van der Waals surface area contributed by atoms with Crippen molar-refractivity contribution < 1.29 is 0 Å². The lowest BCUT2D eigenvalue weighted by atomic mass is 10.2. The normalized spacial score (nSPS) is 12.8. The Bertz CT molecular complexity index is 717. The van der Waals surface area contributed by atoms with Crippen LogP contribution in [0.2, 0.25) is 0 Å². The SMILES string of the molecule is Cc1nc2ccc(NC(C)c3cc(Br)cs3)cc2s1. The van der Waals surface area contributed by atoms with Gasteiger partial charge in [-0.1, -0.05) is 0 Å². The van der Waals surface area contributed by atoms with Crippen molar-refractivity contribution in [1.29, 1.82) is 0 Å². The molecule has 5 heteroatoms. The summed E-state index contributed by atoms with van der Waals surface area (Å²) in [5.74, 6) is 0. The molecular formula is C14H13BrN2S2. The number of benzene rings is 1. The fourth-order valence-electron chi connectivity index (χ4n) is 2.01. The first-order valence-corrected chi connectivity index (χ1v) is 8.48. The first kappa shape index (κ1) is 13.1. The van der Waals surface area contributed by atoms with Gasteiger partial charge in [-0.25, -0.2) is 4.98 Å². The second kappa shape index (κ2) is 5.23. The van der Waals surface area contributed by atoms with Gasteiger partial charge >= 0.3 is 0 Å². The third kappa shape index (κ3) is 2.83. The molecule has 1 aromatic carbocycles. The molecule has 0 aliphatic heterocycles. The number of fused-ring (bicyclic) bond motifs is 1. The standard InChI is InChI=1S/C14H13BrN2S2/c1-8(13-5-10(15)7-18-13)16-11-3-4-12-14(6-11)19-9(2)17-12/h3-8,16H,1-2H3. The molecule has 0 fully saturated rings. The quantitative estimate of drug-likeness (QED) is 0.663. The van der Waals surface area contributed by atoms with Crippen LogP contribution >= 0.6 is 38.6 Å². The van der Waals surface area contributed by atoms with Crippen molar-refractivity contribution in [3.63, 3.8) is 0 Å². The van der Waals surface area contributed by atoms with Crippen LogP contribution in [0.15, 0.2) is 34.1 Å². The van der Waals surface area contributed by atoms with Crippen LogP contribution in [0.25, 0.3) is 10.2 Å². The summed E-state index contributed by atoms with van der Waals surface area (Å²) in [6.45, 7) is 4.23. The molecule has 0 saturated heterocycles. The summed E-state index contributed by atoms with van der Waals surface area (Å²) in [6, 6.07) is 8.83. The van der Waals surface area contributed by atoms with Gasteiger partial charge in [0.1, 0.15) is 0 Å². The number of aromatic nitrogens is 1. The van der Waals surface area contributed by atoms with Crippen LogP contribution in [-0.2, 0) is 0 Å². The van der Waals surface area contributed by atoms with Gasteiger partial charge in [0.05, 0.1) is 21.3 Å². The molecule has 19 heavy (non-hydrogen) atoms. The Morgan fingerprint density at radius 1 is 1.32 bits per heavy atom. The first-order chi connectivity index (χ1) is 9.11. The molecule has 2 nitrogen and oxygen atoms in total. The van der Waals surface area contributed by atoms with Gasteiger partial charge in [-0.15, -0.1) is 22.7 Å². The molecule has 98 valence electrons. The number of halogens is 1. The predicted molar refractivity (Wildman–Crippen MR) is 88.4 cm³/mol. The van der Waals surface area contributed by atoms with Gasteiger partial charge in [0, 0.05) is 20.4 Å². The summed E-state index contributed by atoms with van der Waals surface area (Å²) < 4.78 is 2.39. The van der Waals surface area contributed by atoms with Gasteiger partial charge < -0.3 is 5.32 Å². The van der Waals surface area contributed by atoms with E-state index in [2.05, 4.69) is 62.8 Å². The number of nitrogens with zero attached hydrogens (tertiary/aromatic N) is 1. The van der Waals surface area contributed by atoms with Gasteiger partial charge in [-0.05, 0) is 54.0 Å². The van der Waals surface area contributed by atoms with E-state index < -0.39 is 0 Å². The van der Waals surface area contributed by atoms with Crippen LogP contribution in [0, 0.1) is 6.92 Å². The lowest BCUT2D eigenvalue weighted by Gasteiger charge is -2.13. The maximum Gasteiger partial charge on any atom is 0.0907 e. The number of hydrogen-bond donors (Lipinski definition) is 1. The zero-order valence-corrected chi connectivity index (χ0v) is 13.8. The van der Waals surface area contributed by atoms with E-state index in [4.69, 9.17) is 0 Å². The predicted octanol–water partition coefficient (Wildman–Crippen LogP) is 5.60. The van der Waals surface area contributed by atoms with E-state index >= 15 is 0 Å². The summed E-state index contributed by atoms with van der Waals surface area (Å²) in [4.78, 5) is 5.81. The third-order valence-corrected chi connectivity index (χ3v) is 5.70. The van der Waals surface area contributed by atoms with Gasteiger partial charge in [-0.3, -0.25) is 0 Å². The maximum atomic E-state index is 4.48. The fourth-order valence-corrected chi connectivity index (χ4v) is 4.33. The number of hydrogen-bond acceptors (Lipinski definition) is 4. The zero-order chi connectivity index (χ0) is 13.4. The Morgan fingerprint density at radius 3 is 2.89 bits per heavy atom. The fraction of sp³-hybridized carbons (Fsp3) is 0.214. The van der Waals surface area contributed by atoms with Crippen LogP contribution in [0.4, 0.5) is 5.69 Å². The highest BCUT2D eigenvalue weighted by Crippen LogP contribution is 2.30. The Labute approximate surface area is 128 Å². The monoisotopic (exact) mass is 352 g/mol. The first-order valence-electron chi connectivity index (χ1n) is 5.99. The van der Waals surface area contributed by atoms with Crippen molar-refractivity contribution in [2.75, 3.05) is 5.32 Å². The van der Waals surface area contributed by atoms with E-state index in [1.54, 1.807) is 22.7 Å². The van der Waals surface area contributed by atoms with Crippen LogP contribution in [0.3, 0.4) is 0 Å². The van der Waals surface area contributed by atoms with E-state index in [0.29, 0.717) is 6.04 Å². The number of rotatable bonds is 3. The summed E-state index contributed by atoms with van der Waals surface area (Å²) in [7, 11) is 0. The molecule has 0 spiro atoms. The van der Waals surface area contributed by atoms with Crippen LogP contribution in [0.5, 0.6) is 0 Å². The smallest absolute Gasteiger partial charge is 0.0907 e. The van der Waals surface area contributed by atoms with Gasteiger partial charge in [0.25, 0.3) is 0 Å². The lowest BCUT2D eigenvalue weighted by Crippen LogP contribution is -2.04. The molecule has 3 rings (SSSR count). The number of thiophene rings is 1. The largest absolute Gasteiger partial charge is 0.378 e. The van der Waals surface area contributed by atoms with Crippen molar-refractivity contribution in [3.8, 4) is 0 Å². The molecule has 0 bridgehead atoms. The minimum atomic E-state index is 0.308. The Balaban J connectivity index is 1.84. The highest BCUT2D eigenvalue weighted by Gasteiger charge is 2.09. The lowest BCUT2D eigenvalue weighted by molar-refractivity contribution is 0.908. The molecule has 1 unspecified atom stereocenters. The number of aryl methyl sites for hydroxylation is 1. The molecule has 0 aliphatic carbocycles. The van der Waals surface area contributed by atoms with Crippen LogP contribution in [0.1, 0.15) is 22.9 Å². The van der Waals surface area contributed by atoms with E-state index in [9.17, 15) is 0 Å². The topological polar surface area (TPSA) is 24.9 Å². The highest BCUT2D eigenvalue weighted by atomic mass is 79.9. The summed E-state index contributed by atoms with van der Waals surface area (Å²) >= 11 is 7.00. The minimum Gasteiger partial charge on any atom is -0.378 e. The Kier molecular flexibility index (Phi) is 3.60. The summed E-state index contributed by atoms with van der Waals surface area (Å²) in [5.41, 5.74) is 2.23. The molecule has 0 aliphatic rings. The van der Waals surface area contributed by atoms with Gasteiger partial charge in [-0.2, -0.15) is 0 Å². The van der Waals surface area contributed by atoms with Crippen molar-refractivity contribution >= 4 is 54.5 Å². The van der Waals surface area contributed by atoms with Crippen molar-refractivity contribution in [2.45, 2.75) is 19.9 Å². The molecule has 1 atom stereocenters. The van der Waals surface area contributed by atoms with Crippen molar-refractivity contribution in [1.82, 2.24) is 4.98 Å².